The maximum atomic E-state index is 15.2. The number of rotatable bonds is 9. The summed E-state index contributed by atoms with van der Waals surface area (Å²) in [7, 11) is 1.56. The Hall–Kier alpha value is -4.76. The molecule has 0 bridgehead atoms. The number of halogens is 3. The quantitative estimate of drug-likeness (QED) is 0.199. The van der Waals surface area contributed by atoms with Crippen molar-refractivity contribution >= 4 is 44.2 Å². The fraction of sp³-hybridized carbons (Fsp3) is 0.300. The summed E-state index contributed by atoms with van der Waals surface area (Å²) in [5.74, 6) is -3.66. The second kappa shape index (κ2) is 12.3. The first-order valence-corrected chi connectivity index (χ1v) is 14.5. The van der Waals surface area contributed by atoms with Crippen LogP contribution >= 0.6 is 11.3 Å². The molecule has 234 valence electrons. The zero-order valence-corrected chi connectivity index (χ0v) is 24.7. The summed E-state index contributed by atoms with van der Waals surface area (Å²) >= 11 is 1.28. The molecule has 1 fully saturated rings. The number of ether oxygens (including phenoxy) is 4. The lowest BCUT2D eigenvalue weighted by Crippen LogP contribution is -2.32. The van der Waals surface area contributed by atoms with Crippen LogP contribution in [-0.2, 0) is 4.74 Å². The zero-order valence-electron chi connectivity index (χ0n) is 23.9. The highest BCUT2D eigenvalue weighted by molar-refractivity contribution is 7.21. The van der Waals surface area contributed by atoms with E-state index in [4.69, 9.17) is 24.1 Å². The van der Waals surface area contributed by atoms with E-state index in [0.29, 0.717) is 26.5 Å². The molecule has 1 aliphatic rings. The van der Waals surface area contributed by atoms with Gasteiger partial charge in [0.15, 0.2) is 11.6 Å². The number of aliphatic hydroxyl groups excluding tert-OH is 1. The van der Waals surface area contributed by atoms with Gasteiger partial charge in [-0.25, -0.2) is 32.9 Å². The molecular weight excluding hydrogens is 615 g/mol. The Labute approximate surface area is 258 Å². The number of pyridine rings is 1. The lowest BCUT2D eigenvalue weighted by Gasteiger charge is -2.21. The lowest BCUT2D eigenvalue weighted by molar-refractivity contribution is -0.00574. The maximum absolute atomic E-state index is 15.2. The summed E-state index contributed by atoms with van der Waals surface area (Å²) in [5.41, 5.74) is 2.90. The zero-order chi connectivity index (χ0) is 31.7. The minimum atomic E-state index is -3.20. The number of carbonyl (C=O) groups is 1. The molecule has 2 aromatic carbocycles. The average Bonchev–Trinajstić information content (AvgIpc) is 3.54. The summed E-state index contributed by atoms with van der Waals surface area (Å²) in [4.78, 5) is 29.4. The molecule has 6 rings (SSSR count). The van der Waals surface area contributed by atoms with Crippen LogP contribution in [0, 0.1) is 12.7 Å². The van der Waals surface area contributed by atoms with Crippen LogP contribution in [0.25, 0.3) is 31.7 Å². The Kier molecular flexibility index (Phi) is 8.29. The number of anilines is 1. The monoisotopic (exact) mass is 641 g/mol. The Morgan fingerprint density at radius 2 is 1.87 bits per heavy atom. The first-order chi connectivity index (χ1) is 21.6. The molecule has 0 radical (unpaired) electrons. The third-order valence-electron chi connectivity index (χ3n) is 6.96. The number of alkyl halides is 2. The molecule has 0 unspecified atom stereocenters. The molecular formula is C30H26F3N5O6S. The molecule has 1 amide bonds. The Morgan fingerprint density at radius 3 is 2.62 bits per heavy atom. The predicted molar refractivity (Wildman–Crippen MR) is 159 cm³/mol. The number of carbonyl (C=O) groups excluding carboxylic acids is 1. The van der Waals surface area contributed by atoms with E-state index in [1.54, 1.807) is 13.3 Å². The third-order valence-corrected chi connectivity index (χ3v) is 8.01. The average molecular weight is 642 g/mol. The lowest BCUT2D eigenvalue weighted by atomic mass is 10.1. The SMILES string of the molecule is COc1cnc2c(-c3nc4cc(F)c(O[C@@H]5CC(F)(F)C[C@@H]5OC(=O)Nc5cnc(OCCO)nc5)cc4s3)cc(C)cc2c1. The van der Waals surface area contributed by atoms with Gasteiger partial charge in [0, 0.05) is 23.1 Å². The second-order valence-corrected chi connectivity index (χ2v) is 11.4. The van der Waals surface area contributed by atoms with Gasteiger partial charge in [0.1, 0.15) is 29.6 Å². The predicted octanol–water partition coefficient (Wildman–Crippen LogP) is 5.92. The summed E-state index contributed by atoms with van der Waals surface area (Å²) in [6.45, 7) is 1.70. The van der Waals surface area contributed by atoms with Crippen LogP contribution in [0.4, 0.5) is 23.7 Å². The van der Waals surface area contributed by atoms with Gasteiger partial charge in [-0.1, -0.05) is 0 Å². The number of aliphatic hydroxyl groups is 1. The van der Waals surface area contributed by atoms with Gasteiger partial charge in [0.25, 0.3) is 5.92 Å². The maximum Gasteiger partial charge on any atom is 0.412 e. The Balaban J connectivity index is 1.21. The van der Waals surface area contributed by atoms with Crippen molar-refractivity contribution in [2.45, 2.75) is 37.9 Å². The molecule has 0 spiro atoms. The number of nitrogens with one attached hydrogen (secondary N) is 1. The molecule has 1 aliphatic carbocycles. The van der Waals surface area contributed by atoms with E-state index >= 15 is 4.39 Å². The van der Waals surface area contributed by atoms with Crippen molar-refractivity contribution in [3.63, 3.8) is 0 Å². The minimum Gasteiger partial charge on any atom is -0.495 e. The molecule has 3 aromatic heterocycles. The number of benzene rings is 2. The van der Waals surface area contributed by atoms with Crippen molar-refractivity contribution in [2.75, 3.05) is 25.6 Å². The normalized spacial score (nSPS) is 17.4. The highest BCUT2D eigenvalue weighted by Gasteiger charge is 2.50. The number of methoxy groups -OCH3 is 1. The van der Waals surface area contributed by atoms with Crippen molar-refractivity contribution in [2.24, 2.45) is 0 Å². The first kappa shape index (κ1) is 30.3. The number of hydrogen-bond acceptors (Lipinski definition) is 11. The number of nitrogens with zero attached hydrogens (tertiary/aromatic N) is 4. The molecule has 11 nitrogen and oxygen atoms in total. The summed E-state index contributed by atoms with van der Waals surface area (Å²) < 4.78 is 66.1. The van der Waals surface area contributed by atoms with Crippen molar-refractivity contribution in [1.82, 2.24) is 19.9 Å². The molecule has 2 N–H and O–H groups in total. The van der Waals surface area contributed by atoms with E-state index in [1.165, 1.54) is 35.9 Å². The largest absolute Gasteiger partial charge is 0.495 e. The van der Waals surface area contributed by atoms with Crippen LogP contribution in [-0.4, -0.2) is 69.6 Å². The van der Waals surface area contributed by atoms with Crippen LogP contribution in [0.1, 0.15) is 18.4 Å². The Morgan fingerprint density at radius 1 is 1.09 bits per heavy atom. The Bertz CT molecular complexity index is 1870. The van der Waals surface area contributed by atoms with E-state index in [-0.39, 0.29) is 30.7 Å². The number of hydrogen-bond donors (Lipinski definition) is 2. The van der Waals surface area contributed by atoms with Crippen molar-refractivity contribution in [1.29, 1.82) is 0 Å². The van der Waals surface area contributed by atoms with Gasteiger partial charge >= 0.3 is 12.1 Å². The highest BCUT2D eigenvalue weighted by Crippen LogP contribution is 2.41. The van der Waals surface area contributed by atoms with Gasteiger partial charge in [-0.2, -0.15) is 0 Å². The van der Waals surface area contributed by atoms with Gasteiger partial charge in [-0.15, -0.1) is 11.3 Å². The third kappa shape index (κ3) is 6.68. The molecule has 15 heteroatoms. The molecule has 5 aromatic rings. The van der Waals surface area contributed by atoms with Crippen LogP contribution in [0.15, 0.2) is 48.9 Å². The van der Waals surface area contributed by atoms with E-state index in [9.17, 15) is 13.6 Å². The second-order valence-electron chi connectivity index (χ2n) is 10.3. The van der Waals surface area contributed by atoms with Gasteiger partial charge in [-0.05, 0) is 30.7 Å². The smallest absolute Gasteiger partial charge is 0.412 e. The van der Waals surface area contributed by atoms with Crippen LogP contribution in [0.5, 0.6) is 17.5 Å². The molecule has 0 saturated heterocycles. The number of fused-ring (bicyclic) bond motifs is 2. The molecule has 45 heavy (non-hydrogen) atoms. The standard InChI is InChI=1S/C30H26F3N5O6S/c1-15-5-16-7-18(41-2)14-34-26(16)19(6-15)27-38-21-8-20(31)22(9-25(21)45-27)43-23-10-30(32,33)11-24(23)44-29(40)37-17-12-35-28(36-13-17)42-4-3-39/h5-9,12-14,23-24,39H,3-4,10-11H2,1-2H3,(H,37,40)/t23-,24+/m1/s1. The number of thiazole rings is 1. The van der Waals surface area contributed by atoms with Crippen molar-refractivity contribution in [3.8, 4) is 28.1 Å². The number of amides is 1. The first-order valence-electron chi connectivity index (χ1n) is 13.7. The van der Waals surface area contributed by atoms with E-state index < -0.39 is 42.9 Å². The van der Waals surface area contributed by atoms with Gasteiger partial charge in [-0.3, -0.25) is 10.3 Å². The van der Waals surface area contributed by atoms with E-state index in [1.807, 2.05) is 25.1 Å². The van der Waals surface area contributed by atoms with Crippen LogP contribution in [0.2, 0.25) is 0 Å². The topological polar surface area (TPSA) is 138 Å². The summed E-state index contributed by atoms with van der Waals surface area (Å²) in [6, 6.07) is 8.35. The van der Waals surface area contributed by atoms with Crippen molar-refractivity contribution < 1.29 is 42.0 Å². The van der Waals surface area contributed by atoms with Crippen LogP contribution < -0.4 is 19.5 Å². The van der Waals surface area contributed by atoms with Gasteiger partial charge < -0.3 is 24.1 Å². The summed E-state index contributed by atoms with van der Waals surface area (Å²) in [5, 5.41) is 12.6. The van der Waals surface area contributed by atoms with E-state index in [0.717, 1.165) is 16.5 Å². The van der Waals surface area contributed by atoms with Crippen LogP contribution in [0.3, 0.4) is 0 Å². The number of aromatic nitrogens is 4. The molecule has 2 atom stereocenters. The molecule has 1 saturated carbocycles. The highest BCUT2D eigenvalue weighted by atomic mass is 32.1. The van der Waals surface area contributed by atoms with Gasteiger partial charge in [0.2, 0.25) is 0 Å². The van der Waals surface area contributed by atoms with Gasteiger partial charge in [0.05, 0.1) is 66.6 Å². The summed E-state index contributed by atoms with van der Waals surface area (Å²) in [6.07, 6.45) is -1.27. The molecule has 3 heterocycles. The van der Waals surface area contributed by atoms with E-state index in [2.05, 4.69) is 25.3 Å². The van der Waals surface area contributed by atoms with Crippen molar-refractivity contribution in [3.05, 3.63) is 60.3 Å². The fourth-order valence-corrected chi connectivity index (χ4v) is 5.99. The fourth-order valence-electron chi connectivity index (χ4n) is 5.00. The molecule has 0 aliphatic heterocycles. The minimum absolute atomic E-state index is 0.0127. The number of aryl methyl sites for hydroxylation is 1.